The van der Waals surface area contributed by atoms with Crippen LogP contribution in [0.4, 0.5) is 5.69 Å². The van der Waals surface area contributed by atoms with Crippen molar-refractivity contribution in [2.45, 2.75) is 0 Å². The van der Waals surface area contributed by atoms with E-state index in [4.69, 9.17) is 0 Å². The average Bonchev–Trinajstić information content (AvgIpc) is 2.79. The van der Waals surface area contributed by atoms with Crippen molar-refractivity contribution in [3.8, 4) is 22.4 Å². The Morgan fingerprint density at radius 3 is 1.97 bits per heavy atom. The Labute approximate surface area is 172 Å². The van der Waals surface area contributed by atoms with Crippen LogP contribution in [0.25, 0.3) is 22.4 Å². The molecule has 6 nitrogen and oxygen atoms in total. The zero-order valence-electron chi connectivity index (χ0n) is 15.9. The second-order valence-electron chi connectivity index (χ2n) is 6.60. The number of pyridine rings is 1. The summed E-state index contributed by atoms with van der Waals surface area (Å²) in [5.74, 6) is 0. The molecular formula is C24H17N3O3. The molecule has 0 aliphatic carbocycles. The van der Waals surface area contributed by atoms with Gasteiger partial charge in [0.05, 0.1) is 16.8 Å². The lowest BCUT2D eigenvalue weighted by atomic mass is 10.0. The maximum atomic E-state index is 12.9. The Balaban J connectivity index is 1.80. The fraction of sp³-hybridized carbons (Fsp3) is 0. The van der Waals surface area contributed by atoms with Crippen molar-refractivity contribution >= 4 is 11.9 Å². The summed E-state index contributed by atoms with van der Waals surface area (Å²) in [7, 11) is 0. The van der Waals surface area contributed by atoms with Gasteiger partial charge in [-0.25, -0.2) is 0 Å². The number of hydrogen-bond acceptors (Lipinski definition) is 4. The van der Waals surface area contributed by atoms with Gasteiger partial charge in [0.15, 0.2) is 0 Å². The monoisotopic (exact) mass is 395 g/mol. The van der Waals surface area contributed by atoms with Gasteiger partial charge in [0.2, 0.25) is 0 Å². The van der Waals surface area contributed by atoms with Crippen molar-refractivity contribution in [1.82, 2.24) is 4.68 Å². The van der Waals surface area contributed by atoms with Crippen LogP contribution in [-0.4, -0.2) is 15.8 Å². The zero-order valence-corrected chi connectivity index (χ0v) is 15.9. The van der Waals surface area contributed by atoms with Crippen LogP contribution in [-0.2, 0) is 0 Å². The van der Waals surface area contributed by atoms with Crippen LogP contribution in [0.5, 0.6) is 0 Å². The molecule has 0 N–H and O–H groups in total. The molecule has 0 amide bonds. The molecule has 0 saturated carbocycles. The van der Waals surface area contributed by atoms with Crippen LogP contribution in [0, 0.1) is 10.1 Å². The van der Waals surface area contributed by atoms with E-state index in [2.05, 4.69) is 5.10 Å². The lowest BCUT2D eigenvalue weighted by Gasteiger charge is -2.11. The topological polar surface area (TPSA) is 77.5 Å². The number of hydrogen-bond donors (Lipinski definition) is 0. The first kappa shape index (κ1) is 19.0. The van der Waals surface area contributed by atoms with Crippen LogP contribution in [0.2, 0.25) is 0 Å². The Morgan fingerprint density at radius 2 is 1.37 bits per heavy atom. The van der Waals surface area contributed by atoms with Gasteiger partial charge in [0, 0.05) is 23.8 Å². The number of rotatable bonds is 5. The van der Waals surface area contributed by atoms with Crippen molar-refractivity contribution in [3.05, 3.63) is 123 Å². The van der Waals surface area contributed by atoms with Gasteiger partial charge >= 0.3 is 0 Å². The molecule has 6 heteroatoms. The normalized spacial score (nSPS) is 10.9. The smallest absolute Gasteiger partial charge is 0.267 e. The van der Waals surface area contributed by atoms with Gasteiger partial charge in [0.1, 0.15) is 0 Å². The number of aromatic nitrogens is 1. The van der Waals surface area contributed by atoms with E-state index in [0.29, 0.717) is 11.3 Å². The highest BCUT2D eigenvalue weighted by molar-refractivity contribution is 5.80. The third kappa shape index (κ3) is 4.07. The minimum atomic E-state index is -0.457. The molecule has 1 aromatic heterocycles. The summed E-state index contributed by atoms with van der Waals surface area (Å²) in [6, 6.07) is 28.7. The second-order valence-corrected chi connectivity index (χ2v) is 6.60. The largest absolute Gasteiger partial charge is 0.272 e. The van der Waals surface area contributed by atoms with Gasteiger partial charge in [-0.2, -0.15) is 9.78 Å². The summed E-state index contributed by atoms with van der Waals surface area (Å²) >= 11 is 0. The van der Waals surface area contributed by atoms with Gasteiger partial charge in [-0.05, 0) is 34.9 Å². The van der Waals surface area contributed by atoms with E-state index >= 15 is 0 Å². The second kappa shape index (κ2) is 8.36. The van der Waals surface area contributed by atoms with Gasteiger partial charge in [-0.3, -0.25) is 14.9 Å². The SMILES string of the molecule is O=c1cc(-c2ccccc2)cc(-c2ccccc2)n1N=Cc1ccc([N+](=O)[O-])cc1. The van der Waals surface area contributed by atoms with E-state index in [1.807, 2.05) is 66.7 Å². The highest BCUT2D eigenvalue weighted by Crippen LogP contribution is 2.25. The van der Waals surface area contributed by atoms with Crippen molar-refractivity contribution < 1.29 is 4.92 Å². The van der Waals surface area contributed by atoms with Crippen molar-refractivity contribution in [1.29, 1.82) is 0 Å². The fourth-order valence-corrected chi connectivity index (χ4v) is 3.10. The molecule has 0 spiro atoms. The van der Waals surface area contributed by atoms with E-state index in [1.54, 1.807) is 18.2 Å². The molecule has 0 saturated heterocycles. The highest BCUT2D eigenvalue weighted by atomic mass is 16.6. The third-order valence-electron chi connectivity index (χ3n) is 4.61. The summed E-state index contributed by atoms with van der Waals surface area (Å²) in [6.07, 6.45) is 1.51. The van der Waals surface area contributed by atoms with E-state index in [9.17, 15) is 14.9 Å². The average molecular weight is 395 g/mol. The molecule has 3 aromatic carbocycles. The number of non-ortho nitro benzene ring substituents is 1. The van der Waals surface area contributed by atoms with Gasteiger partial charge in [-0.1, -0.05) is 60.7 Å². The maximum absolute atomic E-state index is 12.9. The minimum Gasteiger partial charge on any atom is -0.267 e. The number of nitro groups is 1. The maximum Gasteiger partial charge on any atom is 0.272 e. The van der Waals surface area contributed by atoms with Crippen molar-refractivity contribution in [3.63, 3.8) is 0 Å². The van der Waals surface area contributed by atoms with Crippen LogP contribution in [0.15, 0.2) is 107 Å². The van der Waals surface area contributed by atoms with E-state index in [1.165, 1.54) is 23.0 Å². The Bertz CT molecular complexity index is 1260. The van der Waals surface area contributed by atoms with E-state index < -0.39 is 4.92 Å². The predicted octanol–water partition coefficient (Wildman–Crippen LogP) is 4.97. The molecule has 146 valence electrons. The first-order chi connectivity index (χ1) is 14.6. The summed E-state index contributed by atoms with van der Waals surface area (Å²) in [4.78, 5) is 23.3. The number of benzene rings is 3. The summed E-state index contributed by atoms with van der Waals surface area (Å²) in [5, 5.41) is 15.2. The molecule has 0 bridgehead atoms. The molecule has 4 aromatic rings. The Morgan fingerprint density at radius 1 is 0.767 bits per heavy atom. The number of nitrogens with zero attached hydrogens (tertiary/aromatic N) is 3. The molecule has 30 heavy (non-hydrogen) atoms. The molecule has 0 atom stereocenters. The lowest BCUT2D eigenvalue weighted by molar-refractivity contribution is -0.384. The molecule has 0 unspecified atom stereocenters. The predicted molar refractivity (Wildman–Crippen MR) is 118 cm³/mol. The first-order valence-corrected chi connectivity index (χ1v) is 9.28. The summed E-state index contributed by atoms with van der Waals surface area (Å²) in [6.45, 7) is 0. The van der Waals surface area contributed by atoms with E-state index in [-0.39, 0.29) is 11.2 Å². The molecule has 0 aliphatic rings. The molecule has 1 heterocycles. The lowest BCUT2D eigenvalue weighted by Crippen LogP contribution is -2.17. The van der Waals surface area contributed by atoms with E-state index in [0.717, 1.165) is 16.7 Å². The zero-order chi connectivity index (χ0) is 20.9. The van der Waals surface area contributed by atoms with Crippen LogP contribution in [0.3, 0.4) is 0 Å². The quantitative estimate of drug-likeness (QED) is 0.272. The van der Waals surface area contributed by atoms with Gasteiger partial charge in [-0.15, -0.1) is 0 Å². The Kier molecular flexibility index (Phi) is 5.30. The molecule has 0 aliphatic heterocycles. The fourth-order valence-electron chi connectivity index (χ4n) is 3.10. The number of nitro benzene ring substituents is 1. The third-order valence-corrected chi connectivity index (χ3v) is 4.61. The summed E-state index contributed by atoms with van der Waals surface area (Å²) in [5.41, 5.74) is 3.64. The highest BCUT2D eigenvalue weighted by Gasteiger charge is 2.10. The molecule has 0 fully saturated rings. The van der Waals surface area contributed by atoms with Crippen LogP contribution < -0.4 is 5.56 Å². The summed E-state index contributed by atoms with van der Waals surface area (Å²) < 4.78 is 1.34. The Hall–Kier alpha value is -4.32. The molecule has 0 radical (unpaired) electrons. The molecule has 4 rings (SSSR count). The molecular weight excluding hydrogens is 378 g/mol. The van der Waals surface area contributed by atoms with Crippen LogP contribution in [0.1, 0.15) is 5.56 Å². The first-order valence-electron chi connectivity index (χ1n) is 9.28. The minimum absolute atomic E-state index is 0.00139. The standard InChI is InChI=1S/C24H17N3O3/c28-24-16-21(19-7-3-1-4-8-19)15-23(20-9-5-2-6-10-20)26(24)25-17-18-11-13-22(14-12-18)27(29)30/h1-17H. The van der Waals surface area contributed by atoms with Crippen molar-refractivity contribution in [2.75, 3.05) is 0 Å². The van der Waals surface area contributed by atoms with Crippen LogP contribution >= 0.6 is 0 Å². The van der Waals surface area contributed by atoms with Crippen molar-refractivity contribution in [2.24, 2.45) is 5.10 Å². The van der Waals surface area contributed by atoms with Gasteiger partial charge < -0.3 is 0 Å². The van der Waals surface area contributed by atoms with Gasteiger partial charge in [0.25, 0.3) is 11.2 Å².